The number of urea groups is 1. The van der Waals surface area contributed by atoms with Gasteiger partial charge in [0.2, 0.25) is 11.7 Å². The van der Waals surface area contributed by atoms with Crippen LogP contribution in [0.1, 0.15) is 35.5 Å². The van der Waals surface area contributed by atoms with Crippen molar-refractivity contribution in [2.45, 2.75) is 39.9 Å². The molecule has 11 nitrogen and oxygen atoms in total. The number of carbonyl (C=O) groups is 2. The number of aryl methyl sites for hydroxylation is 2. The number of hydrogen-bond donors (Lipinski definition) is 5. The van der Waals surface area contributed by atoms with Crippen LogP contribution in [0.5, 0.6) is 0 Å². The number of aromatic nitrogens is 3. The summed E-state index contributed by atoms with van der Waals surface area (Å²) < 4.78 is 1.27. The van der Waals surface area contributed by atoms with Crippen molar-refractivity contribution in [2.24, 2.45) is 0 Å². The van der Waals surface area contributed by atoms with E-state index in [4.69, 9.17) is 5.73 Å². The van der Waals surface area contributed by atoms with E-state index in [9.17, 15) is 14.4 Å². The zero-order valence-electron chi connectivity index (χ0n) is 19.3. The topological polar surface area (TPSA) is 156 Å². The highest BCUT2D eigenvalue weighted by Crippen LogP contribution is 2.10. The number of nitrogens with zero attached hydrogens (tertiary/aromatic N) is 3. The van der Waals surface area contributed by atoms with Crippen LogP contribution in [-0.4, -0.2) is 26.5 Å². The summed E-state index contributed by atoms with van der Waals surface area (Å²) in [6.45, 7) is 5.36. The molecular formula is C23H28N8O3. The third kappa shape index (κ3) is 6.31. The highest BCUT2D eigenvalue weighted by molar-refractivity contribution is 5.76. The Bertz CT molecular complexity index is 1230. The normalized spacial score (nSPS) is 11.4. The van der Waals surface area contributed by atoms with E-state index in [1.807, 2.05) is 37.3 Å². The van der Waals surface area contributed by atoms with Crippen LogP contribution >= 0.6 is 0 Å². The van der Waals surface area contributed by atoms with Gasteiger partial charge in [0.15, 0.2) is 0 Å². The Morgan fingerprint density at radius 2 is 1.85 bits per heavy atom. The van der Waals surface area contributed by atoms with Gasteiger partial charge in [-0.25, -0.2) is 14.8 Å². The number of amides is 3. The van der Waals surface area contributed by atoms with Gasteiger partial charge in [-0.3, -0.25) is 25.0 Å². The van der Waals surface area contributed by atoms with Gasteiger partial charge in [-0.05, 0) is 38.0 Å². The van der Waals surface area contributed by atoms with Gasteiger partial charge in [0.05, 0.1) is 6.04 Å². The third-order valence-electron chi connectivity index (χ3n) is 5.19. The van der Waals surface area contributed by atoms with E-state index in [1.165, 1.54) is 10.8 Å². The molecular weight excluding hydrogens is 436 g/mol. The smallest absolute Gasteiger partial charge is 0.333 e. The maximum atomic E-state index is 12.8. The molecule has 6 N–H and O–H groups in total. The van der Waals surface area contributed by atoms with Gasteiger partial charge in [-0.15, -0.1) is 0 Å². The average molecular weight is 465 g/mol. The van der Waals surface area contributed by atoms with Gasteiger partial charge >= 0.3 is 6.03 Å². The third-order valence-corrected chi connectivity index (χ3v) is 5.19. The quantitative estimate of drug-likeness (QED) is 0.317. The van der Waals surface area contributed by atoms with Crippen molar-refractivity contribution in [2.75, 3.05) is 11.2 Å². The Balaban J connectivity index is 1.58. The molecule has 1 aromatic carbocycles. The van der Waals surface area contributed by atoms with Crippen LogP contribution in [0, 0.1) is 13.8 Å². The molecule has 0 saturated heterocycles. The van der Waals surface area contributed by atoms with E-state index in [2.05, 4.69) is 31.5 Å². The van der Waals surface area contributed by atoms with Crippen LogP contribution < -0.4 is 32.8 Å². The second kappa shape index (κ2) is 10.9. The molecule has 3 aromatic rings. The average Bonchev–Trinajstić information content (AvgIpc) is 2.81. The summed E-state index contributed by atoms with van der Waals surface area (Å²) in [5.74, 6) is -0.0659. The highest BCUT2D eigenvalue weighted by atomic mass is 16.2. The second-order valence-electron chi connectivity index (χ2n) is 7.75. The van der Waals surface area contributed by atoms with Crippen LogP contribution in [0.2, 0.25) is 0 Å². The Kier molecular flexibility index (Phi) is 7.80. The fraction of sp³-hybridized carbons (Fsp3) is 0.261. The molecule has 0 bridgehead atoms. The number of hydrogen-bond acceptors (Lipinski definition) is 7. The largest absolute Gasteiger partial charge is 0.384 e. The van der Waals surface area contributed by atoms with Crippen LogP contribution in [0.4, 0.5) is 16.4 Å². The van der Waals surface area contributed by atoms with E-state index in [0.717, 1.165) is 16.8 Å². The van der Waals surface area contributed by atoms with E-state index in [-0.39, 0.29) is 30.9 Å². The summed E-state index contributed by atoms with van der Waals surface area (Å²) in [7, 11) is 0. The number of nitrogens with one attached hydrogen (secondary N) is 4. The first-order valence-corrected chi connectivity index (χ1v) is 10.7. The number of pyridine rings is 1. The lowest BCUT2D eigenvalue weighted by Gasteiger charge is -2.16. The number of carbonyl (C=O) groups excluding carboxylic acids is 2. The maximum absolute atomic E-state index is 12.8. The molecule has 0 fully saturated rings. The van der Waals surface area contributed by atoms with Crippen LogP contribution in [0.25, 0.3) is 0 Å². The highest BCUT2D eigenvalue weighted by Gasteiger charge is 2.14. The Morgan fingerprint density at radius 3 is 2.56 bits per heavy atom. The molecule has 0 radical (unpaired) electrons. The minimum atomic E-state index is -0.545. The van der Waals surface area contributed by atoms with Crippen molar-refractivity contribution in [1.82, 2.24) is 30.6 Å². The molecule has 0 aliphatic rings. The molecule has 178 valence electrons. The van der Waals surface area contributed by atoms with Gasteiger partial charge in [0.1, 0.15) is 12.4 Å². The molecule has 11 heteroatoms. The van der Waals surface area contributed by atoms with E-state index >= 15 is 0 Å². The first-order valence-electron chi connectivity index (χ1n) is 10.7. The lowest BCUT2D eigenvalue weighted by molar-refractivity contribution is -0.121. The summed E-state index contributed by atoms with van der Waals surface area (Å²) >= 11 is 0. The minimum Gasteiger partial charge on any atom is -0.384 e. The Hall–Kier alpha value is -4.41. The SMILES string of the molecule is Cc1nc(N)ccc1CNC(=O)Cn1c(C)cnc(NNC(=O)N[C@@H](C)c2ccccc2)c1=O. The molecule has 0 unspecified atom stereocenters. The number of anilines is 2. The number of hydrazine groups is 1. The van der Waals surface area contributed by atoms with Crippen molar-refractivity contribution >= 4 is 23.6 Å². The molecule has 0 aliphatic heterocycles. The first-order chi connectivity index (χ1) is 16.2. The van der Waals surface area contributed by atoms with Crippen LogP contribution in [0.3, 0.4) is 0 Å². The minimum absolute atomic E-state index is 0.112. The molecule has 3 rings (SSSR count). The van der Waals surface area contributed by atoms with Crippen molar-refractivity contribution in [1.29, 1.82) is 0 Å². The van der Waals surface area contributed by atoms with Crippen LogP contribution in [0.15, 0.2) is 53.5 Å². The summed E-state index contributed by atoms with van der Waals surface area (Å²) in [5.41, 5.74) is 13.0. The molecule has 34 heavy (non-hydrogen) atoms. The number of nitrogens with two attached hydrogens (primary N) is 1. The molecule has 2 heterocycles. The molecule has 0 spiro atoms. The number of nitrogen functional groups attached to an aromatic ring is 1. The molecule has 0 aliphatic carbocycles. The predicted octanol–water partition coefficient (Wildman–Crippen LogP) is 1.54. The monoisotopic (exact) mass is 464 g/mol. The fourth-order valence-electron chi connectivity index (χ4n) is 3.22. The first kappa shape index (κ1) is 24.2. The zero-order valence-corrected chi connectivity index (χ0v) is 19.3. The standard InChI is InChI=1S/C23H28N8O3/c1-14-11-26-21(29-30-23(34)28-15(2)17-7-5-4-6-8-17)22(33)31(14)13-20(32)25-12-18-9-10-19(24)27-16(18)3/h4-11,15H,12-13H2,1-3H3,(H2,24,27)(H,25,32)(H,26,29)(H2,28,30,34)/t15-/m0/s1. The van der Waals surface area contributed by atoms with Gasteiger partial charge in [-0.1, -0.05) is 36.4 Å². The van der Waals surface area contributed by atoms with E-state index < -0.39 is 11.6 Å². The van der Waals surface area contributed by atoms with Crippen molar-refractivity contribution < 1.29 is 9.59 Å². The van der Waals surface area contributed by atoms with Crippen molar-refractivity contribution in [3.05, 3.63) is 81.5 Å². The number of benzene rings is 1. The number of rotatable bonds is 8. The maximum Gasteiger partial charge on any atom is 0.333 e. The molecule has 3 amide bonds. The Labute approximate surface area is 196 Å². The summed E-state index contributed by atoms with van der Waals surface area (Å²) in [6.07, 6.45) is 1.44. The van der Waals surface area contributed by atoms with Gasteiger partial charge in [0.25, 0.3) is 5.56 Å². The lowest BCUT2D eigenvalue weighted by Crippen LogP contribution is -2.42. The molecule has 2 aromatic heterocycles. The zero-order chi connectivity index (χ0) is 24.7. The molecule has 0 saturated carbocycles. The fourth-order valence-corrected chi connectivity index (χ4v) is 3.22. The summed E-state index contributed by atoms with van der Waals surface area (Å²) in [4.78, 5) is 45.7. The Morgan fingerprint density at radius 1 is 1.12 bits per heavy atom. The molecule has 1 atom stereocenters. The van der Waals surface area contributed by atoms with Crippen LogP contribution in [-0.2, 0) is 17.9 Å². The van der Waals surface area contributed by atoms with Gasteiger partial charge < -0.3 is 16.4 Å². The van der Waals surface area contributed by atoms with Gasteiger partial charge in [0, 0.05) is 24.1 Å². The summed E-state index contributed by atoms with van der Waals surface area (Å²) in [6, 6.07) is 12.1. The van der Waals surface area contributed by atoms with Crippen molar-refractivity contribution in [3.63, 3.8) is 0 Å². The second-order valence-corrected chi connectivity index (χ2v) is 7.75. The van der Waals surface area contributed by atoms with Crippen molar-refractivity contribution in [3.8, 4) is 0 Å². The summed E-state index contributed by atoms with van der Waals surface area (Å²) in [5, 5.41) is 5.53. The van der Waals surface area contributed by atoms with E-state index in [1.54, 1.807) is 26.0 Å². The van der Waals surface area contributed by atoms with E-state index in [0.29, 0.717) is 11.5 Å². The van der Waals surface area contributed by atoms with Gasteiger partial charge in [-0.2, -0.15) is 0 Å². The lowest BCUT2D eigenvalue weighted by atomic mass is 10.1. The predicted molar refractivity (Wildman–Crippen MR) is 129 cm³/mol.